The average Bonchev–Trinajstić information content (AvgIpc) is 2.96. The Hall–Kier alpha value is -2.50. The van der Waals surface area contributed by atoms with Crippen LogP contribution in [0.1, 0.15) is 48.2 Å². The topological polar surface area (TPSA) is 62.2 Å². The Bertz CT molecular complexity index is 762. The van der Waals surface area contributed by atoms with Gasteiger partial charge in [0.15, 0.2) is 0 Å². The maximum absolute atomic E-state index is 11.9. The van der Waals surface area contributed by atoms with Crippen molar-refractivity contribution >= 4 is 11.7 Å². The standard InChI is InChI=1S/C18H23N5O/c1-18(2,3)17-20-9-13-10-23(11-14(13)21-17)15-7-6-12(8-19-15)16(24)22(4)5/h6-9H,10-11H2,1-5H3. The van der Waals surface area contributed by atoms with Gasteiger partial charge < -0.3 is 9.80 Å². The van der Waals surface area contributed by atoms with Gasteiger partial charge in [-0.1, -0.05) is 20.8 Å². The van der Waals surface area contributed by atoms with Crippen molar-refractivity contribution in [1.82, 2.24) is 19.9 Å². The molecule has 0 unspecified atom stereocenters. The summed E-state index contributed by atoms with van der Waals surface area (Å²) in [6, 6.07) is 3.71. The van der Waals surface area contributed by atoms with Crippen LogP contribution in [0, 0.1) is 0 Å². The second-order valence-electron chi connectivity index (χ2n) is 7.38. The number of amides is 1. The highest BCUT2D eigenvalue weighted by Gasteiger charge is 2.25. The van der Waals surface area contributed by atoms with Gasteiger partial charge in [0.05, 0.1) is 17.8 Å². The van der Waals surface area contributed by atoms with E-state index in [1.807, 2.05) is 18.3 Å². The molecule has 0 bridgehead atoms. The summed E-state index contributed by atoms with van der Waals surface area (Å²) in [4.78, 5) is 29.3. The lowest BCUT2D eigenvalue weighted by Crippen LogP contribution is -2.22. The van der Waals surface area contributed by atoms with Crippen LogP contribution in [0.3, 0.4) is 0 Å². The molecule has 0 aliphatic carbocycles. The number of nitrogens with zero attached hydrogens (tertiary/aromatic N) is 5. The lowest BCUT2D eigenvalue weighted by atomic mass is 9.95. The van der Waals surface area contributed by atoms with Crippen LogP contribution in [-0.4, -0.2) is 39.9 Å². The van der Waals surface area contributed by atoms with Crippen LogP contribution in [0.5, 0.6) is 0 Å². The van der Waals surface area contributed by atoms with Crippen molar-refractivity contribution in [2.75, 3.05) is 19.0 Å². The average molecular weight is 325 g/mol. The number of carbonyl (C=O) groups excluding carboxylic acids is 1. The molecule has 0 aromatic carbocycles. The highest BCUT2D eigenvalue weighted by Crippen LogP contribution is 2.27. The van der Waals surface area contributed by atoms with Crippen molar-refractivity contribution in [2.24, 2.45) is 0 Å². The molecule has 1 amide bonds. The molecule has 0 atom stereocenters. The second-order valence-corrected chi connectivity index (χ2v) is 7.38. The molecule has 0 saturated carbocycles. The van der Waals surface area contributed by atoms with Gasteiger partial charge in [0.2, 0.25) is 0 Å². The van der Waals surface area contributed by atoms with Crippen molar-refractivity contribution in [3.05, 3.63) is 47.2 Å². The summed E-state index contributed by atoms with van der Waals surface area (Å²) >= 11 is 0. The van der Waals surface area contributed by atoms with Crippen molar-refractivity contribution in [3.8, 4) is 0 Å². The van der Waals surface area contributed by atoms with Gasteiger partial charge in [-0.15, -0.1) is 0 Å². The summed E-state index contributed by atoms with van der Waals surface area (Å²) < 4.78 is 0. The summed E-state index contributed by atoms with van der Waals surface area (Å²) in [6.07, 6.45) is 3.56. The predicted octanol–water partition coefficient (Wildman–Crippen LogP) is 2.39. The molecule has 2 aromatic rings. The van der Waals surface area contributed by atoms with Crippen molar-refractivity contribution in [1.29, 1.82) is 0 Å². The first-order valence-corrected chi connectivity index (χ1v) is 8.03. The third-order valence-corrected chi connectivity index (χ3v) is 4.05. The normalized spacial score (nSPS) is 13.8. The van der Waals surface area contributed by atoms with Gasteiger partial charge in [0.25, 0.3) is 5.91 Å². The lowest BCUT2D eigenvalue weighted by molar-refractivity contribution is 0.0827. The number of pyridine rings is 1. The fraction of sp³-hybridized carbons (Fsp3) is 0.444. The summed E-state index contributed by atoms with van der Waals surface area (Å²) in [5.41, 5.74) is 2.73. The van der Waals surface area contributed by atoms with Gasteiger partial charge in [-0.2, -0.15) is 0 Å². The van der Waals surface area contributed by atoms with E-state index in [4.69, 9.17) is 4.98 Å². The number of hydrogen-bond acceptors (Lipinski definition) is 5. The largest absolute Gasteiger partial charge is 0.346 e. The highest BCUT2D eigenvalue weighted by atomic mass is 16.2. The van der Waals surface area contributed by atoms with E-state index >= 15 is 0 Å². The van der Waals surface area contributed by atoms with E-state index in [1.165, 1.54) is 0 Å². The smallest absolute Gasteiger partial charge is 0.254 e. The van der Waals surface area contributed by atoms with E-state index < -0.39 is 0 Å². The molecule has 3 rings (SSSR count). The van der Waals surface area contributed by atoms with Gasteiger partial charge in [0, 0.05) is 44.0 Å². The Morgan fingerprint density at radius 2 is 1.88 bits per heavy atom. The zero-order valence-corrected chi connectivity index (χ0v) is 14.9. The summed E-state index contributed by atoms with van der Waals surface area (Å²) in [5, 5.41) is 0. The Labute approximate surface area is 142 Å². The number of aromatic nitrogens is 3. The van der Waals surface area contributed by atoms with Crippen molar-refractivity contribution < 1.29 is 4.79 Å². The van der Waals surface area contributed by atoms with E-state index in [0.717, 1.165) is 36.0 Å². The molecule has 6 heteroatoms. The van der Waals surface area contributed by atoms with Gasteiger partial charge in [-0.3, -0.25) is 4.79 Å². The zero-order valence-electron chi connectivity index (χ0n) is 14.9. The van der Waals surface area contributed by atoms with Gasteiger partial charge in [0.1, 0.15) is 11.6 Å². The first kappa shape index (κ1) is 16.4. The maximum atomic E-state index is 11.9. The fourth-order valence-electron chi connectivity index (χ4n) is 2.63. The van der Waals surface area contributed by atoms with Gasteiger partial charge in [-0.25, -0.2) is 15.0 Å². The molecule has 2 aromatic heterocycles. The fourth-order valence-corrected chi connectivity index (χ4v) is 2.63. The van der Waals surface area contributed by atoms with Crippen LogP contribution in [0.15, 0.2) is 24.5 Å². The van der Waals surface area contributed by atoms with Gasteiger partial charge >= 0.3 is 0 Å². The quantitative estimate of drug-likeness (QED) is 0.848. The Balaban J connectivity index is 1.79. The second kappa shape index (κ2) is 5.85. The van der Waals surface area contributed by atoms with E-state index in [2.05, 4.69) is 35.6 Å². The molecule has 0 fully saturated rings. The number of carbonyl (C=O) groups is 1. The minimum atomic E-state index is -0.0606. The molecular formula is C18H23N5O. The highest BCUT2D eigenvalue weighted by molar-refractivity contribution is 5.93. The predicted molar refractivity (Wildman–Crippen MR) is 92.9 cm³/mol. The van der Waals surface area contributed by atoms with Crippen LogP contribution in [0.25, 0.3) is 0 Å². The number of hydrogen-bond donors (Lipinski definition) is 0. The maximum Gasteiger partial charge on any atom is 0.254 e. The van der Waals surface area contributed by atoms with E-state index in [0.29, 0.717) is 5.56 Å². The monoisotopic (exact) mass is 325 g/mol. The summed E-state index contributed by atoms with van der Waals surface area (Å²) in [7, 11) is 3.47. The van der Waals surface area contributed by atoms with Crippen LogP contribution >= 0.6 is 0 Å². The third kappa shape index (κ3) is 3.09. The molecule has 0 N–H and O–H groups in total. The Kier molecular flexibility index (Phi) is 3.99. The van der Waals surface area contributed by atoms with E-state index in [1.54, 1.807) is 25.2 Å². The molecule has 3 heterocycles. The molecule has 0 saturated heterocycles. The molecular weight excluding hydrogens is 302 g/mol. The van der Waals surface area contributed by atoms with Crippen LogP contribution < -0.4 is 4.90 Å². The molecule has 24 heavy (non-hydrogen) atoms. The minimum absolute atomic E-state index is 0.0422. The Morgan fingerprint density at radius 3 is 2.46 bits per heavy atom. The van der Waals surface area contributed by atoms with E-state index in [9.17, 15) is 4.79 Å². The van der Waals surface area contributed by atoms with Crippen molar-refractivity contribution in [3.63, 3.8) is 0 Å². The molecule has 0 radical (unpaired) electrons. The first-order valence-electron chi connectivity index (χ1n) is 8.03. The summed E-state index contributed by atoms with van der Waals surface area (Å²) in [6.45, 7) is 7.80. The number of fused-ring (bicyclic) bond motifs is 1. The van der Waals surface area contributed by atoms with Gasteiger partial charge in [-0.05, 0) is 12.1 Å². The van der Waals surface area contributed by atoms with Crippen LogP contribution in [0.2, 0.25) is 0 Å². The van der Waals surface area contributed by atoms with Crippen LogP contribution in [-0.2, 0) is 18.5 Å². The molecule has 1 aliphatic heterocycles. The Morgan fingerprint density at radius 1 is 1.12 bits per heavy atom. The van der Waals surface area contributed by atoms with Crippen LogP contribution in [0.4, 0.5) is 5.82 Å². The van der Waals surface area contributed by atoms with Crippen molar-refractivity contribution in [2.45, 2.75) is 39.3 Å². The van der Waals surface area contributed by atoms with E-state index in [-0.39, 0.29) is 11.3 Å². The SMILES string of the molecule is CN(C)C(=O)c1ccc(N2Cc3cnc(C(C)(C)C)nc3C2)nc1. The molecule has 1 aliphatic rings. The first-order chi connectivity index (χ1) is 11.3. The molecule has 126 valence electrons. The molecule has 6 nitrogen and oxygen atoms in total. The summed E-state index contributed by atoms with van der Waals surface area (Å²) in [5.74, 6) is 1.67. The number of anilines is 1. The third-order valence-electron chi connectivity index (χ3n) is 4.05. The number of rotatable bonds is 2. The molecule has 0 spiro atoms. The zero-order chi connectivity index (χ0) is 17.5. The lowest BCUT2D eigenvalue weighted by Gasteiger charge is -2.17. The minimum Gasteiger partial charge on any atom is -0.346 e.